The topological polar surface area (TPSA) is 95.9 Å². The van der Waals surface area contributed by atoms with E-state index in [1.54, 1.807) is 0 Å². The van der Waals surface area contributed by atoms with Crippen molar-refractivity contribution in [1.82, 2.24) is 10.2 Å². The van der Waals surface area contributed by atoms with Crippen LogP contribution in [0.2, 0.25) is 0 Å². The summed E-state index contributed by atoms with van der Waals surface area (Å²) in [5.41, 5.74) is 2.42. The Morgan fingerprint density at radius 2 is 1.66 bits per heavy atom. The van der Waals surface area contributed by atoms with Gasteiger partial charge < -0.3 is 20.1 Å². The summed E-state index contributed by atoms with van der Waals surface area (Å²) in [4.78, 5) is 38.2. The summed E-state index contributed by atoms with van der Waals surface area (Å²) < 4.78 is 32.8. The van der Waals surface area contributed by atoms with Gasteiger partial charge in [0.25, 0.3) is 6.43 Å². The lowest BCUT2D eigenvalue weighted by atomic mass is 9.63. The van der Waals surface area contributed by atoms with Crippen LogP contribution in [0.15, 0.2) is 48.5 Å². The van der Waals surface area contributed by atoms with Gasteiger partial charge in [0, 0.05) is 12.5 Å². The molecule has 2 saturated heterocycles. The maximum Gasteiger partial charge on any atom is 0.407 e. The van der Waals surface area contributed by atoms with Crippen LogP contribution in [0.1, 0.15) is 43.2 Å². The second kappa shape index (κ2) is 8.32. The molecule has 1 atom stereocenters. The summed E-state index contributed by atoms with van der Waals surface area (Å²) in [6, 6.07) is 13.7. The fourth-order valence-electron chi connectivity index (χ4n) is 6.08. The molecule has 4 aliphatic rings. The van der Waals surface area contributed by atoms with E-state index in [1.807, 2.05) is 55.5 Å². The van der Waals surface area contributed by atoms with E-state index in [-0.39, 0.29) is 24.5 Å². The normalized spacial score (nSPS) is 25.0. The third-order valence-electron chi connectivity index (χ3n) is 7.54. The molecule has 0 spiro atoms. The molecule has 2 aromatic carbocycles. The molecule has 1 unspecified atom stereocenters. The van der Waals surface area contributed by atoms with E-state index in [0.717, 1.165) is 22.3 Å². The van der Waals surface area contributed by atoms with E-state index in [0.29, 0.717) is 12.8 Å². The van der Waals surface area contributed by atoms with Gasteiger partial charge in [-0.1, -0.05) is 55.5 Å². The van der Waals surface area contributed by atoms with Gasteiger partial charge in [-0.25, -0.2) is 18.4 Å². The Labute approximate surface area is 201 Å². The van der Waals surface area contributed by atoms with E-state index in [9.17, 15) is 28.3 Å². The van der Waals surface area contributed by atoms with Gasteiger partial charge in [0.15, 0.2) is 0 Å². The smallest absolute Gasteiger partial charge is 0.407 e. The zero-order valence-corrected chi connectivity index (χ0v) is 19.2. The predicted octanol–water partition coefficient (Wildman–Crippen LogP) is 4.01. The van der Waals surface area contributed by atoms with Crippen LogP contribution < -0.4 is 5.32 Å². The largest absolute Gasteiger partial charge is 0.479 e. The summed E-state index contributed by atoms with van der Waals surface area (Å²) >= 11 is 0. The minimum atomic E-state index is -3.02. The minimum Gasteiger partial charge on any atom is -0.479 e. The molecular weight excluding hydrogens is 458 g/mol. The summed E-state index contributed by atoms with van der Waals surface area (Å²) in [6.45, 7) is 2.04. The van der Waals surface area contributed by atoms with Crippen molar-refractivity contribution in [2.75, 3.05) is 13.2 Å². The standard InChI is InChI=1S/C26H26F2N2O5/c1-25-12-26(13-25,23(32)33)30(14-25)21(31)10-20(22(27)28)29-24(34)35-11-19-17-8-4-2-6-15(17)16-7-3-5-9-18(16)19/h2-9,19-20,22H,10-14H2,1H3,(H,29,34)(H,32,33). The quantitative estimate of drug-likeness (QED) is 0.619. The molecule has 35 heavy (non-hydrogen) atoms. The number of alkyl carbamates (subject to hydrolysis) is 1. The molecule has 1 saturated carbocycles. The first-order valence-electron chi connectivity index (χ1n) is 11.6. The molecule has 2 aromatic rings. The van der Waals surface area contributed by atoms with Crippen molar-refractivity contribution >= 4 is 18.0 Å². The zero-order chi connectivity index (χ0) is 25.0. The van der Waals surface area contributed by atoms with Crippen LogP contribution in [0, 0.1) is 5.41 Å². The molecule has 2 N–H and O–H groups in total. The second-order valence-electron chi connectivity index (χ2n) is 10.1. The molecule has 2 aliphatic heterocycles. The summed E-state index contributed by atoms with van der Waals surface area (Å²) in [5.74, 6) is -2.07. The Hall–Kier alpha value is -3.49. The lowest BCUT2D eigenvalue weighted by molar-refractivity contribution is -0.160. The number of alkyl halides is 2. The molecule has 7 nitrogen and oxygen atoms in total. The first-order valence-corrected chi connectivity index (χ1v) is 11.6. The van der Waals surface area contributed by atoms with Gasteiger partial charge in [-0.05, 0) is 40.5 Å². The van der Waals surface area contributed by atoms with E-state index in [1.165, 1.54) is 4.90 Å². The molecule has 184 valence electrons. The third-order valence-corrected chi connectivity index (χ3v) is 7.54. The number of carboxylic acid groups (broad SMARTS) is 1. The Balaban J connectivity index is 1.23. The number of carboxylic acids is 1. The molecule has 2 amide bonds. The first kappa shape index (κ1) is 23.3. The van der Waals surface area contributed by atoms with Crippen molar-refractivity contribution in [1.29, 1.82) is 0 Å². The predicted molar refractivity (Wildman–Crippen MR) is 122 cm³/mol. The number of ether oxygens (including phenoxy) is 1. The Morgan fingerprint density at radius 1 is 1.09 bits per heavy atom. The van der Waals surface area contributed by atoms with Crippen molar-refractivity contribution < 1.29 is 33.0 Å². The summed E-state index contributed by atoms with van der Waals surface area (Å²) in [6.07, 6.45) is -4.16. The van der Waals surface area contributed by atoms with E-state index >= 15 is 0 Å². The molecule has 0 aromatic heterocycles. The van der Waals surface area contributed by atoms with Crippen LogP contribution in [-0.2, 0) is 14.3 Å². The van der Waals surface area contributed by atoms with Crippen LogP contribution in [-0.4, -0.2) is 59.1 Å². The lowest BCUT2D eigenvalue weighted by Gasteiger charge is -2.42. The molecule has 0 radical (unpaired) electrons. The molecule has 6 rings (SSSR count). The number of nitrogens with one attached hydrogen (secondary N) is 1. The van der Waals surface area contributed by atoms with Gasteiger partial charge in [-0.15, -0.1) is 0 Å². The molecule has 2 aliphatic carbocycles. The fourth-order valence-corrected chi connectivity index (χ4v) is 6.08. The molecular formula is C26H26F2N2O5. The molecule has 2 bridgehead atoms. The van der Waals surface area contributed by atoms with Gasteiger partial charge in [0.05, 0.1) is 6.42 Å². The number of hydrogen-bond acceptors (Lipinski definition) is 4. The van der Waals surface area contributed by atoms with Gasteiger partial charge in [-0.3, -0.25) is 4.79 Å². The van der Waals surface area contributed by atoms with E-state index in [2.05, 4.69) is 5.32 Å². The maximum atomic E-state index is 13.7. The maximum absolute atomic E-state index is 13.7. The number of benzene rings is 2. The summed E-state index contributed by atoms with van der Waals surface area (Å²) in [5, 5.41) is 11.7. The van der Waals surface area contributed by atoms with Crippen LogP contribution in [0.3, 0.4) is 0 Å². The van der Waals surface area contributed by atoms with Crippen LogP contribution in [0.25, 0.3) is 11.1 Å². The highest BCUT2D eigenvalue weighted by Gasteiger charge is 2.68. The van der Waals surface area contributed by atoms with Crippen molar-refractivity contribution in [3.8, 4) is 11.1 Å². The van der Waals surface area contributed by atoms with Gasteiger partial charge in [-0.2, -0.15) is 0 Å². The summed E-state index contributed by atoms with van der Waals surface area (Å²) in [7, 11) is 0. The van der Waals surface area contributed by atoms with Crippen molar-refractivity contribution in [2.45, 2.75) is 50.1 Å². The fraction of sp³-hybridized carbons (Fsp3) is 0.423. The van der Waals surface area contributed by atoms with Gasteiger partial charge >= 0.3 is 12.1 Å². The van der Waals surface area contributed by atoms with E-state index in [4.69, 9.17) is 4.74 Å². The second-order valence-corrected chi connectivity index (χ2v) is 10.1. The van der Waals surface area contributed by atoms with E-state index < -0.39 is 42.4 Å². The van der Waals surface area contributed by atoms with Gasteiger partial charge in [0.2, 0.25) is 5.91 Å². The number of hydrogen-bond donors (Lipinski definition) is 2. The third kappa shape index (κ3) is 3.83. The number of aliphatic carboxylic acids is 1. The highest BCUT2D eigenvalue weighted by molar-refractivity contribution is 5.90. The minimum absolute atomic E-state index is 0.0453. The molecule has 3 fully saturated rings. The first-order chi connectivity index (χ1) is 16.6. The Kier molecular flexibility index (Phi) is 5.53. The Morgan fingerprint density at radius 3 is 2.20 bits per heavy atom. The number of carbonyl (C=O) groups excluding carboxylic acids is 2. The number of fused-ring (bicyclic) bond motifs is 4. The SMILES string of the molecule is CC12CN(C(=O)CC(NC(=O)OCC3c4ccccc4-c4ccccc43)C(F)F)C(C(=O)O)(C1)C2. The molecule has 2 heterocycles. The molecule has 9 heteroatoms. The van der Waals surface area contributed by atoms with Crippen LogP contribution in [0.4, 0.5) is 13.6 Å². The zero-order valence-electron chi connectivity index (χ0n) is 19.2. The van der Waals surface area contributed by atoms with Gasteiger partial charge in [0.1, 0.15) is 18.2 Å². The number of halogens is 2. The van der Waals surface area contributed by atoms with Crippen molar-refractivity contribution in [3.05, 3.63) is 59.7 Å². The van der Waals surface area contributed by atoms with Crippen molar-refractivity contribution in [2.24, 2.45) is 5.41 Å². The lowest BCUT2D eigenvalue weighted by Crippen LogP contribution is -2.57. The number of amides is 2. The number of carbonyl (C=O) groups is 3. The average Bonchev–Trinajstić information content (AvgIpc) is 3.41. The highest BCUT2D eigenvalue weighted by Crippen LogP contribution is 2.59. The van der Waals surface area contributed by atoms with Crippen LogP contribution >= 0.6 is 0 Å². The highest BCUT2D eigenvalue weighted by atomic mass is 19.3. The number of nitrogens with zero attached hydrogens (tertiary/aromatic N) is 1. The average molecular weight is 484 g/mol. The van der Waals surface area contributed by atoms with Crippen molar-refractivity contribution in [3.63, 3.8) is 0 Å². The monoisotopic (exact) mass is 484 g/mol. The Bertz CT molecular complexity index is 1150. The number of rotatable bonds is 7. The van der Waals surface area contributed by atoms with Crippen LogP contribution in [0.5, 0.6) is 0 Å².